The van der Waals surface area contributed by atoms with Crippen molar-refractivity contribution in [3.05, 3.63) is 51.8 Å². The van der Waals surface area contributed by atoms with Gasteiger partial charge in [-0.1, -0.05) is 40.1 Å². The molecule has 0 unspecified atom stereocenters. The summed E-state index contributed by atoms with van der Waals surface area (Å²) in [5.74, 6) is 0.764. The van der Waals surface area contributed by atoms with Crippen molar-refractivity contribution in [2.45, 2.75) is 26.2 Å². The number of Topliss-reactive ketones (excluding diaryl/α,β-unsaturated/α-hetero) is 1. The molecule has 0 aliphatic heterocycles. The van der Waals surface area contributed by atoms with Gasteiger partial charge < -0.3 is 4.52 Å². The summed E-state index contributed by atoms with van der Waals surface area (Å²) in [6.07, 6.45) is 2.15. The molecule has 2 aromatic rings. The van der Waals surface area contributed by atoms with E-state index in [-0.39, 0.29) is 5.78 Å². The zero-order chi connectivity index (χ0) is 13.0. The molecule has 2 rings (SSSR count). The first-order valence-electron chi connectivity index (χ1n) is 5.92. The van der Waals surface area contributed by atoms with Gasteiger partial charge in [0.1, 0.15) is 11.5 Å². The van der Waals surface area contributed by atoms with Gasteiger partial charge in [-0.3, -0.25) is 4.79 Å². The van der Waals surface area contributed by atoms with Gasteiger partial charge in [0.25, 0.3) is 0 Å². The maximum absolute atomic E-state index is 12.0. The van der Waals surface area contributed by atoms with Gasteiger partial charge in [0.2, 0.25) is 0 Å². The van der Waals surface area contributed by atoms with E-state index in [0.717, 1.165) is 28.6 Å². The van der Waals surface area contributed by atoms with Gasteiger partial charge in [-0.15, -0.1) is 0 Å². The van der Waals surface area contributed by atoms with E-state index in [2.05, 4.69) is 28.0 Å². The molecule has 0 atom stereocenters. The van der Waals surface area contributed by atoms with Crippen LogP contribution in [-0.4, -0.2) is 10.9 Å². The molecule has 0 bridgehead atoms. The van der Waals surface area contributed by atoms with E-state index in [1.54, 1.807) is 6.07 Å². The molecule has 0 fully saturated rings. The molecule has 4 heteroatoms. The van der Waals surface area contributed by atoms with Crippen molar-refractivity contribution in [2.75, 3.05) is 0 Å². The highest BCUT2D eigenvalue weighted by atomic mass is 79.9. The molecule has 1 aromatic carbocycles. The fourth-order valence-electron chi connectivity index (χ4n) is 1.69. The Morgan fingerprint density at radius 3 is 2.72 bits per heavy atom. The minimum absolute atomic E-state index is 0.0107. The van der Waals surface area contributed by atoms with Crippen LogP contribution in [0.5, 0.6) is 0 Å². The number of carbonyl (C=O) groups excluding carboxylic acids is 1. The highest BCUT2D eigenvalue weighted by molar-refractivity contribution is 9.10. The molecule has 0 aliphatic rings. The largest absolute Gasteiger partial charge is 0.361 e. The van der Waals surface area contributed by atoms with E-state index in [1.807, 2.05) is 24.3 Å². The third kappa shape index (κ3) is 3.29. The minimum Gasteiger partial charge on any atom is -0.361 e. The first-order chi connectivity index (χ1) is 8.69. The van der Waals surface area contributed by atoms with Crippen molar-refractivity contribution in [1.29, 1.82) is 0 Å². The second-order valence-corrected chi connectivity index (χ2v) is 5.07. The predicted molar refractivity (Wildman–Crippen MR) is 72.7 cm³/mol. The van der Waals surface area contributed by atoms with E-state index >= 15 is 0 Å². The van der Waals surface area contributed by atoms with Crippen LogP contribution in [0.1, 0.15) is 35.2 Å². The van der Waals surface area contributed by atoms with Gasteiger partial charge in [0.15, 0.2) is 5.78 Å². The highest BCUT2D eigenvalue weighted by Crippen LogP contribution is 2.13. The van der Waals surface area contributed by atoms with Gasteiger partial charge in [-0.25, -0.2) is 0 Å². The summed E-state index contributed by atoms with van der Waals surface area (Å²) in [6.45, 7) is 2.06. The van der Waals surface area contributed by atoms with Crippen LogP contribution in [0.15, 0.2) is 39.3 Å². The van der Waals surface area contributed by atoms with Crippen LogP contribution in [0, 0.1) is 0 Å². The smallest absolute Gasteiger partial charge is 0.189 e. The van der Waals surface area contributed by atoms with Crippen LogP contribution in [0.25, 0.3) is 0 Å². The number of halogens is 1. The molecular weight excluding hydrogens is 294 g/mol. The van der Waals surface area contributed by atoms with E-state index in [4.69, 9.17) is 4.52 Å². The van der Waals surface area contributed by atoms with Gasteiger partial charge in [0.05, 0.1) is 0 Å². The molecule has 0 saturated carbocycles. The van der Waals surface area contributed by atoms with Crippen molar-refractivity contribution < 1.29 is 9.32 Å². The molecule has 18 heavy (non-hydrogen) atoms. The topological polar surface area (TPSA) is 43.1 Å². The van der Waals surface area contributed by atoms with Crippen molar-refractivity contribution in [3.8, 4) is 0 Å². The molecule has 3 nitrogen and oxygen atoms in total. The molecular formula is C14H14BrNO2. The highest BCUT2D eigenvalue weighted by Gasteiger charge is 2.12. The maximum Gasteiger partial charge on any atom is 0.189 e. The zero-order valence-electron chi connectivity index (χ0n) is 10.1. The van der Waals surface area contributed by atoms with Crippen LogP contribution in [0.4, 0.5) is 0 Å². The van der Waals surface area contributed by atoms with Gasteiger partial charge in [-0.05, 0) is 24.1 Å². The monoisotopic (exact) mass is 307 g/mol. The van der Waals surface area contributed by atoms with Crippen LogP contribution in [0.3, 0.4) is 0 Å². The molecule has 0 amide bonds. The van der Waals surface area contributed by atoms with Crippen LogP contribution >= 0.6 is 15.9 Å². The number of hydrogen-bond acceptors (Lipinski definition) is 3. The summed E-state index contributed by atoms with van der Waals surface area (Å²) in [4.78, 5) is 12.0. The van der Waals surface area contributed by atoms with Crippen LogP contribution in [0.2, 0.25) is 0 Å². The number of aryl methyl sites for hydroxylation is 1. The Morgan fingerprint density at radius 1 is 1.33 bits per heavy atom. The van der Waals surface area contributed by atoms with Gasteiger partial charge >= 0.3 is 0 Å². The van der Waals surface area contributed by atoms with Crippen molar-refractivity contribution in [2.24, 2.45) is 0 Å². The van der Waals surface area contributed by atoms with E-state index in [0.29, 0.717) is 12.1 Å². The second-order valence-electron chi connectivity index (χ2n) is 4.15. The number of benzene rings is 1. The SMILES string of the molecule is CCCc1cc(C(=O)Cc2ccc(Br)cc2)no1. The summed E-state index contributed by atoms with van der Waals surface area (Å²) in [7, 11) is 0. The number of nitrogens with zero attached hydrogens (tertiary/aromatic N) is 1. The quantitative estimate of drug-likeness (QED) is 0.789. The number of carbonyl (C=O) groups is 1. The number of ketones is 1. The minimum atomic E-state index is -0.0107. The number of rotatable bonds is 5. The first-order valence-corrected chi connectivity index (χ1v) is 6.71. The predicted octanol–water partition coefficient (Wildman–Crippen LogP) is 3.82. The van der Waals surface area contributed by atoms with Crippen LogP contribution < -0.4 is 0 Å². The Kier molecular flexibility index (Phi) is 4.31. The Bertz CT molecular complexity index is 531. The third-order valence-corrected chi connectivity index (χ3v) is 3.15. The summed E-state index contributed by atoms with van der Waals surface area (Å²) >= 11 is 3.36. The van der Waals surface area contributed by atoms with Crippen molar-refractivity contribution >= 4 is 21.7 Å². The average Bonchev–Trinajstić information content (AvgIpc) is 2.81. The van der Waals surface area contributed by atoms with Crippen molar-refractivity contribution in [3.63, 3.8) is 0 Å². The molecule has 0 aliphatic carbocycles. The van der Waals surface area contributed by atoms with Gasteiger partial charge in [-0.2, -0.15) is 0 Å². The lowest BCUT2D eigenvalue weighted by Gasteiger charge is -1.98. The van der Waals surface area contributed by atoms with E-state index < -0.39 is 0 Å². The van der Waals surface area contributed by atoms with Crippen LogP contribution in [-0.2, 0) is 12.8 Å². The van der Waals surface area contributed by atoms with Gasteiger partial charge in [0, 0.05) is 23.4 Å². The Hall–Kier alpha value is -1.42. The lowest BCUT2D eigenvalue weighted by atomic mass is 10.1. The third-order valence-electron chi connectivity index (χ3n) is 2.62. The zero-order valence-corrected chi connectivity index (χ0v) is 11.7. The first kappa shape index (κ1) is 13.0. The second kappa shape index (κ2) is 5.96. The summed E-state index contributed by atoms with van der Waals surface area (Å²) in [5.41, 5.74) is 1.39. The number of hydrogen-bond donors (Lipinski definition) is 0. The molecule has 94 valence electrons. The molecule has 0 spiro atoms. The molecule has 0 radical (unpaired) electrons. The standard InChI is InChI=1S/C14H14BrNO2/c1-2-3-12-9-13(16-18-12)14(17)8-10-4-6-11(15)7-5-10/h4-7,9H,2-3,8H2,1H3. The molecule has 0 saturated heterocycles. The fourth-order valence-corrected chi connectivity index (χ4v) is 1.95. The van der Waals surface area contributed by atoms with E-state index in [9.17, 15) is 4.79 Å². The summed E-state index contributed by atoms with van der Waals surface area (Å²) in [6, 6.07) is 9.44. The Morgan fingerprint density at radius 2 is 2.06 bits per heavy atom. The number of aromatic nitrogens is 1. The normalized spacial score (nSPS) is 10.6. The fraction of sp³-hybridized carbons (Fsp3) is 0.286. The lowest BCUT2D eigenvalue weighted by molar-refractivity contribution is 0.0984. The molecule has 0 N–H and O–H groups in total. The summed E-state index contributed by atoms with van der Waals surface area (Å²) < 4.78 is 6.11. The summed E-state index contributed by atoms with van der Waals surface area (Å²) in [5, 5.41) is 3.81. The molecule has 1 heterocycles. The Balaban J connectivity index is 2.04. The Labute approximate surface area is 114 Å². The molecule has 1 aromatic heterocycles. The lowest BCUT2D eigenvalue weighted by Crippen LogP contribution is -2.03. The van der Waals surface area contributed by atoms with Crippen molar-refractivity contribution in [1.82, 2.24) is 5.16 Å². The van der Waals surface area contributed by atoms with E-state index in [1.165, 1.54) is 0 Å². The maximum atomic E-state index is 12.0. The average molecular weight is 308 g/mol.